The van der Waals surface area contributed by atoms with E-state index in [-0.39, 0.29) is 0 Å². The van der Waals surface area contributed by atoms with Gasteiger partial charge in [0.25, 0.3) is 0 Å². The number of hydrogen-bond acceptors (Lipinski definition) is 0. The number of benzene rings is 7. The van der Waals surface area contributed by atoms with Crippen molar-refractivity contribution < 1.29 is 0 Å². The van der Waals surface area contributed by atoms with Crippen molar-refractivity contribution in [2.45, 2.75) is 5.41 Å². The summed E-state index contributed by atoms with van der Waals surface area (Å²) in [6.45, 7) is 0. The van der Waals surface area contributed by atoms with Gasteiger partial charge in [0, 0.05) is 26.0 Å². The summed E-state index contributed by atoms with van der Waals surface area (Å²) in [5.74, 6) is 0. The molecule has 0 radical (unpaired) electrons. The lowest BCUT2D eigenvalue weighted by Crippen LogP contribution is -2.28. The van der Waals surface area contributed by atoms with E-state index < -0.39 is 5.41 Å². The fraction of sp³-hybridized carbons (Fsp3) is 0.0244. The Bertz CT molecular complexity index is 2520. The lowest BCUT2D eigenvalue weighted by atomic mass is 9.67. The minimum Gasteiger partial charge on any atom is -0.308 e. The van der Waals surface area contributed by atoms with Gasteiger partial charge in [-0.2, -0.15) is 0 Å². The number of nitrogens with zero attached hydrogens (tertiary/aromatic N) is 1. The van der Waals surface area contributed by atoms with Crippen molar-refractivity contribution in [1.29, 1.82) is 0 Å². The quantitative estimate of drug-likeness (QED) is 0.136. The Labute approximate surface area is 257 Å². The molecule has 0 saturated carbocycles. The molecule has 0 aliphatic heterocycles. The Balaban J connectivity index is 1.51. The standard InChI is InChI=1S/C41H24BrN/c42-34-23-22-27-31-24-33-37(30-18-11-21-36(38(30)31)43-35-20-10-8-17-29(35)39(34)40(27)43)28-16-7-9-19-32(28)41(33,25-12-3-1-4-13-25)26-14-5-2-6-15-26/h1-24H. The molecule has 2 aromatic heterocycles. The molecule has 1 aliphatic carbocycles. The van der Waals surface area contributed by atoms with Crippen LogP contribution in [0.2, 0.25) is 0 Å². The summed E-state index contributed by atoms with van der Waals surface area (Å²) in [4.78, 5) is 0. The minimum absolute atomic E-state index is 0.437. The molecule has 43 heavy (non-hydrogen) atoms. The van der Waals surface area contributed by atoms with Crippen LogP contribution in [-0.2, 0) is 5.41 Å². The summed E-state index contributed by atoms with van der Waals surface area (Å²) in [6.07, 6.45) is 0. The molecule has 2 heterocycles. The first kappa shape index (κ1) is 23.6. The second kappa shape index (κ2) is 8.34. The van der Waals surface area contributed by atoms with Crippen LogP contribution in [-0.4, -0.2) is 4.40 Å². The van der Waals surface area contributed by atoms with Crippen LogP contribution >= 0.6 is 15.9 Å². The van der Waals surface area contributed by atoms with Gasteiger partial charge in [0.2, 0.25) is 0 Å². The van der Waals surface area contributed by atoms with E-state index >= 15 is 0 Å². The molecule has 200 valence electrons. The number of rotatable bonds is 2. The number of fused-ring (bicyclic) bond motifs is 9. The van der Waals surface area contributed by atoms with Crippen LogP contribution in [0.4, 0.5) is 0 Å². The third-order valence-corrected chi connectivity index (χ3v) is 10.5. The number of para-hydroxylation sites is 1. The van der Waals surface area contributed by atoms with Crippen molar-refractivity contribution in [1.82, 2.24) is 4.40 Å². The number of halogens is 1. The highest BCUT2D eigenvalue weighted by molar-refractivity contribution is 9.10. The average molecular weight is 611 g/mol. The zero-order valence-electron chi connectivity index (χ0n) is 23.2. The zero-order chi connectivity index (χ0) is 28.3. The van der Waals surface area contributed by atoms with Crippen LogP contribution in [0.3, 0.4) is 0 Å². The highest BCUT2D eigenvalue weighted by atomic mass is 79.9. The number of pyridine rings is 1. The van der Waals surface area contributed by atoms with E-state index in [0.717, 1.165) is 4.47 Å². The lowest BCUT2D eigenvalue weighted by Gasteiger charge is -2.34. The fourth-order valence-electron chi connectivity index (χ4n) is 8.31. The monoisotopic (exact) mass is 609 g/mol. The molecule has 7 aromatic carbocycles. The normalized spacial score (nSPS) is 13.9. The van der Waals surface area contributed by atoms with E-state index in [9.17, 15) is 0 Å². The van der Waals surface area contributed by atoms with Crippen molar-refractivity contribution >= 4 is 64.8 Å². The molecule has 0 fully saturated rings. The summed E-state index contributed by atoms with van der Waals surface area (Å²) in [7, 11) is 0. The van der Waals surface area contributed by atoms with E-state index in [1.165, 1.54) is 82.2 Å². The van der Waals surface area contributed by atoms with Gasteiger partial charge >= 0.3 is 0 Å². The highest BCUT2D eigenvalue weighted by Crippen LogP contribution is 2.59. The predicted octanol–water partition coefficient (Wildman–Crippen LogP) is 11.1. The van der Waals surface area contributed by atoms with Crippen LogP contribution in [0.5, 0.6) is 0 Å². The number of aromatic nitrogens is 1. The van der Waals surface area contributed by atoms with Gasteiger partial charge in [-0.15, -0.1) is 0 Å². The van der Waals surface area contributed by atoms with E-state index in [4.69, 9.17) is 0 Å². The molecule has 0 bridgehead atoms. The smallest absolute Gasteiger partial charge is 0.0714 e. The summed E-state index contributed by atoms with van der Waals surface area (Å²) in [5, 5.41) is 7.78. The summed E-state index contributed by atoms with van der Waals surface area (Å²) >= 11 is 3.93. The fourth-order valence-corrected chi connectivity index (χ4v) is 8.84. The second-order valence-electron chi connectivity index (χ2n) is 11.7. The van der Waals surface area contributed by atoms with Crippen LogP contribution in [0.15, 0.2) is 150 Å². The maximum Gasteiger partial charge on any atom is 0.0714 e. The first-order chi connectivity index (χ1) is 21.3. The zero-order valence-corrected chi connectivity index (χ0v) is 24.8. The van der Waals surface area contributed by atoms with E-state index in [0.29, 0.717) is 0 Å². The Morgan fingerprint density at radius 3 is 1.91 bits per heavy atom. The van der Waals surface area contributed by atoms with Crippen molar-refractivity contribution in [3.63, 3.8) is 0 Å². The maximum atomic E-state index is 3.93. The highest BCUT2D eigenvalue weighted by Gasteiger charge is 2.47. The SMILES string of the molecule is Brc1ccc2c3cc4c(c5cccc(c53)n3c5ccccc5c1c23)-c1ccccc1C4(c1ccccc1)c1ccccc1. The van der Waals surface area contributed by atoms with E-state index in [1.54, 1.807) is 0 Å². The van der Waals surface area contributed by atoms with Crippen LogP contribution in [0.25, 0.3) is 60.0 Å². The summed E-state index contributed by atoms with van der Waals surface area (Å²) in [5.41, 5.74) is 11.3. The summed E-state index contributed by atoms with van der Waals surface area (Å²) < 4.78 is 3.63. The topological polar surface area (TPSA) is 4.41 Å². The van der Waals surface area contributed by atoms with Gasteiger partial charge in [0.1, 0.15) is 0 Å². The Kier molecular flexibility index (Phi) is 4.58. The second-order valence-corrected chi connectivity index (χ2v) is 12.6. The molecule has 0 spiro atoms. The molecule has 9 aromatic rings. The van der Waals surface area contributed by atoms with Crippen molar-refractivity contribution in [2.24, 2.45) is 0 Å². The molecular weight excluding hydrogens is 586 g/mol. The molecule has 0 amide bonds. The Morgan fingerprint density at radius 2 is 1.12 bits per heavy atom. The van der Waals surface area contributed by atoms with Crippen LogP contribution in [0.1, 0.15) is 22.3 Å². The molecule has 0 unspecified atom stereocenters. The van der Waals surface area contributed by atoms with Gasteiger partial charge < -0.3 is 4.40 Å². The van der Waals surface area contributed by atoms with Crippen molar-refractivity contribution in [2.75, 3.05) is 0 Å². The number of hydrogen-bond donors (Lipinski definition) is 0. The lowest BCUT2D eigenvalue weighted by molar-refractivity contribution is 0.770. The van der Waals surface area contributed by atoms with Gasteiger partial charge in [-0.05, 0) is 68.4 Å². The van der Waals surface area contributed by atoms with E-state index in [2.05, 4.69) is 166 Å². The third-order valence-electron chi connectivity index (χ3n) is 9.85. The van der Waals surface area contributed by atoms with Gasteiger partial charge in [-0.1, -0.05) is 137 Å². The molecule has 10 rings (SSSR count). The predicted molar refractivity (Wildman–Crippen MR) is 184 cm³/mol. The van der Waals surface area contributed by atoms with Gasteiger partial charge in [-0.25, -0.2) is 0 Å². The van der Waals surface area contributed by atoms with Crippen LogP contribution in [0, 0.1) is 0 Å². The average Bonchev–Trinajstić information content (AvgIpc) is 3.57. The third kappa shape index (κ3) is 2.78. The first-order valence-electron chi connectivity index (χ1n) is 14.8. The summed E-state index contributed by atoms with van der Waals surface area (Å²) in [6, 6.07) is 54.1. The molecule has 1 nitrogen and oxygen atoms in total. The van der Waals surface area contributed by atoms with Gasteiger partial charge in [0.15, 0.2) is 0 Å². The van der Waals surface area contributed by atoms with E-state index in [1.807, 2.05) is 0 Å². The maximum absolute atomic E-state index is 3.93. The molecule has 2 heteroatoms. The van der Waals surface area contributed by atoms with Gasteiger partial charge in [-0.3, -0.25) is 0 Å². The van der Waals surface area contributed by atoms with Crippen molar-refractivity contribution in [3.8, 4) is 11.1 Å². The molecule has 0 N–H and O–H groups in total. The largest absolute Gasteiger partial charge is 0.308 e. The molecule has 0 atom stereocenters. The molecule has 0 saturated heterocycles. The first-order valence-corrected chi connectivity index (χ1v) is 15.6. The van der Waals surface area contributed by atoms with Gasteiger partial charge in [0.05, 0.1) is 22.0 Å². The Morgan fingerprint density at radius 1 is 0.465 bits per heavy atom. The van der Waals surface area contributed by atoms with Crippen LogP contribution < -0.4 is 0 Å². The molecular formula is C41H24BrN. The van der Waals surface area contributed by atoms with Crippen molar-refractivity contribution in [3.05, 3.63) is 172 Å². The molecule has 1 aliphatic rings. The minimum atomic E-state index is -0.437. The Hall–Kier alpha value is -4.92.